The second-order valence-corrected chi connectivity index (χ2v) is 6.42. The van der Waals surface area contributed by atoms with Gasteiger partial charge in [0.25, 0.3) is 0 Å². The van der Waals surface area contributed by atoms with Gasteiger partial charge in [0, 0.05) is 51.0 Å². The third-order valence-corrected chi connectivity index (χ3v) is 4.67. The minimum atomic E-state index is 0.261. The highest BCUT2D eigenvalue weighted by molar-refractivity contribution is 5.77. The Bertz CT molecular complexity index is 644. The van der Waals surface area contributed by atoms with Crippen LogP contribution in [0.2, 0.25) is 0 Å². The number of aromatic nitrogens is 1. The van der Waals surface area contributed by atoms with E-state index < -0.39 is 0 Å². The lowest BCUT2D eigenvalue weighted by Gasteiger charge is -2.31. The van der Waals surface area contributed by atoms with Crippen LogP contribution in [0.25, 0.3) is 0 Å². The number of pyridine rings is 1. The number of hydrogen-bond donors (Lipinski definition) is 0. The summed E-state index contributed by atoms with van der Waals surface area (Å²) in [6.07, 6.45) is 5.27. The topological polar surface area (TPSA) is 36.4 Å². The van der Waals surface area contributed by atoms with E-state index in [1.165, 1.54) is 11.1 Å². The molecule has 0 spiro atoms. The molecule has 0 saturated carbocycles. The van der Waals surface area contributed by atoms with Crippen LogP contribution in [0.3, 0.4) is 0 Å². The number of carbonyl (C=O) groups excluding carboxylic acids is 1. The molecule has 1 aliphatic rings. The molecule has 4 heteroatoms. The number of nitrogens with zero attached hydrogens (tertiary/aromatic N) is 3. The Kier molecular flexibility index (Phi) is 5.59. The Morgan fingerprint density at radius 3 is 2.58 bits per heavy atom. The van der Waals surface area contributed by atoms with Crippen LogP contribution >= 0.6 is 0 Å². The predicted octanol–water partition coefficient (Wildman–Crippen LogP) is 3.09. The summed E-state index contributed by atoms with van der Waals surface area (Å²) in [6.45, 7) is 5.47. The highest BCUT2D eigenvalue weighted by Crippen LogP contribution is 2.19. The molecule has 0 bridgehead atoms. The van der Waals surface area contributed by atoms with Gasteiger partial charge in [-0.3, -0.25) is 14.7 Å². The van der Waals surface area contributed by atoms with Gasteiger partial charge in [0.05, 0.1) is 0 Å². The van der Waals surface area contributed by atoms with Crippen LogP contribution in [-0.4, -0.2) is 39.8 Å². The molecule has 0 N–H and O–H groups in total. The normalized spacial score (nSPS) is 19.3. The van der Waals surface area contributed by atoms with Crippen molar-refractivity contribution in [3.05, 3.63) is 66.0 Å². The first-order valence-electron chi connectivity index (χ1n) is 8.71. The van der Waals surface area contributed by atoms with Gasteiger partial charge >= 0.3 is 0 Å². The van der Waals surface area contributed by atoms with E-state index in [2.05, 4.69) is 39.9 Å². The van der Waals surface area contributed by atoms with Gasteiger partial charge in [0.2, 0.25) is 5.91 Å². The fourth-order valence-corrected chi connectivity index (χ4v) is 3.33. The molecule has 1 aromatic carbocycles. The summed E-state index contributed by atoms with van der Waals surface area (Å²) in [5.74, 6) is 0.263. The molecule has 24 heavy (non-hydrogen) atoms. The maximum absolute atomic E-state index is 12.7. The van der Waals surface area contributed by atoms with Crippen molar-refractivity contribution in [1.29, 1.82) is 0 Å². The molecule has 4 nitrogen and oxygen atoms in total. The fourth-order valence-electron chi connectivity index (χ4n) is 3.33. The van der Waals surface area contributed by atoms with Crippen molar-refractivity contribution in [3.63, 3.8) is 0 Å². The molecule has 1 atom stereocenters. The van der Waals surface area contributed by atoms with Crippen molar-refractivity contribution < 1.29 is 4.79 Å². The van der Waals surface area contributed by atoms with E-state index in [1.54, 1.807) is 6.20 Å². The summed E-state index contributed by atoms with van der Waals surface area (Å²) in [7, 11) is 0. The molecule has 1 unspecified atom stereocenters. The summed E-state index contributed by atoms with van der Waals surface area (Å²) in [5.41, 5.74) is 2.40. The second kappa shape index (κ2) is 8.06. The number of rotatable bonds is 5. The lowest BCUT2D eigenvalue weighted by atomic mass is 10.1. The SMILES string of the molecule is CCC1CN(Cc2cccnc2)CCC(=O)N1Cc1ccccc1. The molecule has 1 aromatic heterocycles. The van der Waals surface area contributed by atoms with Gasteiger partial charge in [-0.2, -0.15) is 0 Å². The molecule has 2 aromatic rings. The quantitative estimate of drug-likeness (QED) is 0.848. The summed E-state index contributed by atoms with van der Waals surface area (Å²) in [6, 6.07) is 14.6. The van der Waals surface area contributed by atoms with Gasteiger partial charge in [0.1, 0.15) is 0 Å². The Morgan fingerprint density at radius 1 is 1.08 bits per heavy atom. The monoisotopic (exact) mass is 323 g/mol. The van der Waals surface area contributed by atoms with Gasteiger partial charge in [0.15, 0.2) is 0 Å². The summed E-state index contributed by atoms with van der Waals surface area (Å²) in [5, 5.41) is 0. The van der Waals surface area contributed by atoms with Crippen LogP contribution < -0.4 is 0 Å². The molecule has 1 aliphatic heterocycles. The average molecular weight is 323 g/mol. The van der Waals surface area contributed by atoms with Crippen LogP contribution in [0.1, 0.15) is 30.9 Å². The zero-order valence-corrected chi connectivity index (χ0v) is 14.3. The van der Waals surface area contributed by atoms with Crippen LogP contribution in [0.15, 0.2) is 54.9 Å². The van der Waals surface area contributed by atoms with Gasteiger partial charge in [-0.1, -0.05) is 43.3 Å². The number of hydrogen-bond acceptors (Lipinski definition) is 3. The van der Waals surface area contributed by atoms with E-state index in [0.717, 1.165) is 26.1 Å². The first-order chi connectivity index (χ1) is 11.8. The fraction of sp³-hybridized carbons (Fsp3) is 0.400. The largest absolute Gasteiger partial charge is 0.334 e. The van der Waals surface area contributed by atoms with Gasteiger partial charge in [-0.25, -0.2) is 0 Å². The first kappa shape index (κ1) is 16.7. The third-order valence-electron chi connectivity index (χ3n) is 4.67. The molecule has 1 fully saturated rings. The summed E-state index contributed by atoms with van der Waals surface area (Å²) < 4.78 is 0. The maximum Gasteiger partial charge on any atom is 0.224 e. The van der Waals surface area contributed by atoms with Crippen LogP contribution in [-0.2, 0) is 17.9 Å². The zero-order valence-electron chi connectivity index (χ0n) is 14.3. The van der Waals surface area contributed by atoms with Crippen molar-refractivity contribution in [2.24, 2.45) is 0 Å². The van der Waals surface area contributed by atoms with E-state index in [1.807, 2.05) is 30.5 Å². The Balaban J connectivity index is 1.71. The molecular weight excluding hydrogens is 298 g/mol. The highest BCUT2D eigenvalue weighted by atomic mass is 16.2. The smallest absolute Gasteiger partial charge is 0.224 e. The first-order valence-corrected chi connectivity index (χ1v) is 8.71. The zero-order chi connectivity index (χ0) is 16.8. The molecule has 3 rings (SSSR count). The van der Waals surface area contributed by atoms with Crippen molar-refractivity contribution >= 4 is 5.91 Å². The van der Waals surface area contributed by atoms with Gasteiger partial charge in [-0.15, -0.1) is 0 Å². The molecule has 2 heterocycles. The van der Waals surface area contributed by atoms with E-state index in [9.17, 15) is 4.79 Å². The van der Waals surface area contributed by atoms with Gasteiger partial charge < -0.3 is 4.90 Å². The van der Waals surface area contributed by atoms with E-state index in [-0.39, 0.29) is 11.9 Å². The van der Waals surface area contributed by atoms with Crippen molar-refractivity contribution in [3.8, 4) is 0 Å². The lowest BCUT2D eigenvalue weighted by molar-refractivity contribution is -0.133. The van der Waals surface area contributed by atoms with Crippen molar-refractivity contribution in [2.45, 2.75) is 38.9 Å². The number of carbonyl (C=O) groups is 1. The standard InChI is InChI=1S/C20H25N3O/c1-2-19-16-22(14-18-9-6-11-21-13-18)12-10-20(24)23(19)15-17-7-4-3-5-8-17/h3-9,11,13,19H,2,10,12,14-16H2,1H3. The van der Waals surface area contributed by atoms with Crippen LogP contribution in [0, 0.1) is 0 Å². The second-order valence-electron chi connectivity index (χ2n) is 6.42. The molecule has 0 aliphatic carbocycles. The minimum Gasteiger partial charge on any atom is -0.334 e. The highest BCUT2D eigenvalue weighted by Gasteiger charge is 2.28. The van der Waals surface area contributed by atoms with Gasteiger partial charge in [-0.05, 0) is 23.6 Å². The van der Waals surface area contributed by atoms with Crippen molar-refractivity contribution in [1.82, 2.24) is 14.8 Å². The lowest BCUT2D eigenvalue weighted by Crippen LogP contribution is -2.42. The molecule has 126 valence electrons. The van der Waals surface area contributed by atoms with E-state index in [0.29, 0.717) is 13.0 Å². The van der Waals surface area contributed by atoms with Crippen LogP contribution in [0.5, 0.6) is 0 Å². The predicted molar refractivity (Wildman–Crippen MR) is 95.2 cm³/mol. The molecule has 1 amide bonds. The molecule has 1 saturated heterocycles. The third kappa shape index (κ3) is 4.20. The Hall–Kier alpha value is -2.20. The maximum atomic E-state index is 12.7. The molecular formula is C20H25N3O. The van der Waals surface area contributed by atoms with E-state index >= 15 is 0 Å². The number of benzene rings is 1. The Labute approximate surface area is 144 Å². The molecule has 0 radical (unpaired) electrons. The average Bonchev–Trinajstić information content (AvgIpc) is 2.77. The van der Waals surface area contributed by atoms with Crippen LogP contribution in [0.4, 0.5) is 0 Å². The number of amides is 1. The van der Waals surface area contributed by atoms with E-state index in [4.69, 9.17) is 0 Å². The minimum absolute atomic E-state index is 0.261. The summed E-state index contributed by atoms with van der Waals surface area (Å²) in [4.78, 5) is 21.3. The summed E-state index contributed by atoms with van der Waals surface area (Å²) >= 11 is 0. The Morgan fingerprint density at radius 2 is 1.88 bits per heavy atom. The van der Waals surface area contributed by atoms with Crippen molar-refractivity contribution in [2.75, 3.05) is 13.1 Å².